The topological polar surface area (TPSA) is 88.8 Å². The van der Waals surface area contributed by atoms with Crippen molar-refractivity contribution in [3.63, 3.8) is 0 Å². The minimum Gasteiger partial charge on any atom is -0.311 e. The average molecular weight is 320 g/mol. The number of nitrogens with one attached hydrogen (secondary N) is 1. The summed E-state index contributed by atoms with van der Waals surface area (Å²) in [7, 11) is 0. The molecule has 0 radical (unpaired) electrons. The number of allylic oxidation sites excluding steroid dienone is 1. The van der Waals surface area contributed by atoms with Gasteiger partial charge in [0.25, 0.3) is 5.91 Å². The molecule has 1 aliphatic heterocycles. The van der Waals surface area contributed by atoms with Crippen molar-refractivity contribution in [2.75, 3.05) is 6.54 Å². The molecule has 0 aromatic heterocycles. The highest BCUT2D eigenvalue weighted by Crippen LogP contribution is 2.12. The highest BCUT2D eigenvalue weighted by molar-refractivity contribution is 7.80. The molecule has 1 heterocycles. The molecule has 1 aromatic rings. The number of nitrogens with two attached hydrogens (primary N) is 1. The Kier molecular flexibility index (Phi) is 5.74. The number of nitrogens with zero attached hydrogens (tertiary/aromatic N) is 1. The van der Waals surface area contributed by atoms with E-state index in [0.717, 1.165) is 25.8 Å². The number of quaternary nitrogens is 1. The second-order valence-electron chi connectivity index (χ2n) is 5.08. The lowest BCUT2D eigenvalue weighted by atomic mass is 10.1. The zero-order valence-corrected chi connectivity index (χ0v) is 12.9. The Morgan fingerprint density at radius 2 is 1.95 bits per heavy atom. The van der Waals surface area contributed by atoms with E-state index in [9.17, 15) is 14.9 Å². The first-order valence-corrected chi connectivity index (χ1v) is 7.62. The molecule has 1 aliphatic rings. The van der Waals surface area contributed by atoms with Crippen molar-refractivity contribution in [3.05, 3.63) is 57.4 Å². The van der Waals surface area contributed by atoms with Crippen molar-refractivity contribution in [2.45, 2.75) is 25.7 Å². The molecule has 2 rings (SSSR count). The predicted octanol–water partition coefficient (Wildman–Crippen LogP) is 1.37. The summed E-state index contributed by atoms with van der Waals surface area (Å²) in [5.41, 5.74) is 0.893. The van der Waals surface area contributed by atoms with E-state index in [2.05, 4.69) is 5.32 Å². The number of hydrogen-bond acceptors (Lipinski definition) is 4. The van der Waals surface area contributed by atoms with Crippen LogP contribution < -0.4 is 10.6 Å². The summed E-state index contributed by atoms with van der Waals surface area (Å²) in [4.78, 5) is 22.8. The van der Waals surface area contributed by atoms with Crippen molar-refractivity contribution < 1.29 is 15.0 Å². The van der Waals surface area contributed by atoms with Crippen molar-refractivity contribution in [3.8, 4) is 0 Å². The van der Waals surface area contributed by atoms with Crippen LogP contribution in [-0.2, 0) is 0 Å². The molecule has 1 fully saturated rings. The first-order valence-electron chi connectivity index (χ1n) is 7.21. The first-order chi connectivity index (χ1) is 10.6. The van der Waals surface area contributed by atoms with Gasteiger partial charge in [-0.15, -0.1) is 0 Å². The molecule has 0 atom stereocenters. The van der Waals surface area contributed by atoms with Gasteiger partial charge in [0.15, 0.2) is 10.7 Å². The Labute approximate surface area is 133 Å². The highest BCUT2D eigenvalue weighted by Gasteiger charge is 2.29. The summed E-state index contributed by atoms with van der Waals surface area (Å²) in [6.07, 6.45) is 3.60. The fraction of sp³-hybridized carbons (Fsp3) is 0.333. The molecular weight excluding hydrogens is 302 g/mol. The molecule has 1 aromatic carbocycles. The van der Waals surface area contributed by atoms with E-state index >= 15 is 0 Å². The summed E-state index contributed by atoms with van der Waals surface area (Å²) < 4.78 is 0. The van der Waals surface area contributed by atoms with E-state index in [0.29, 0.717) is 17.7 Å². The maximum absolute atomic E-state index is 12.1. The van der Waals surface area contributed by atoms with Crippen LogP contribution in [0.1, 0.15) is 36.0 Å². The molecule has 116 valence electrons. The summed E-state index contributed by atoms with van der Waals surface area (Å²) in [6, 6.07) is 8.51. The van der Waals surface area contributed by atoms with E-state index in [1.165, 1.54) is 0 Å². The van der Waals surface area contributed by atoms with Gasteiger partial charge in [0.2, 0.25) is 0 Å². The van der Waals surface area contributed by atoms with E-state index < -0.39 is 10.8 Å². The molecule has 3 N–H and O–H groups in total. The van der Waals surface area contributed by atoms with Crippen LogP contribution in [0.3, 0.4) is 0 Å². The molecule has 0 spiro atoms. The van der Waals surface area contributed by atoms with Crippen LogP contribution in [0.5, 0.6) is 0 Å². The van der Waals surface area contributed by atoms with Crippen LogP contribution in [0.25, 0.3) is 0 Å². The highest BCUT2D eigenvalue weighted by atomic mass is 32.1. The monoisotopic (exact) mass is 320 g/mol. The van der Waals surface area contributed by atoms with Crippen LogP contribution in [0.4, 0.5) is 0 Å². The van der Waals surface area contributed by atoms with Crippen molar-refractivity contribution in [2.24, 2.45) is 0 Å². The summed E-state index contributed by atoms with van der Waals surface area (Å²) in [5.74, 6) is -0.431. The number of carbonyl (C=O) groups excluding carboxylic acids is 1. The van der Waals surface area contributed by atoms with Gasteiger partial charge in [0.1, 0.15) is 0 Å². The van der Waals surface area contributed by atoms with Gasteiger partial charge in [0, 0.05) is 12.0 Å². The molecule has 7 heteroatoms. The third-order valence-electron chi connectivity index (χ3n) is 3.51. The van der Waals surface area contributed by atoms with E-state index in [1.54, 1.807) is 30.3 Å². The van der Waals surface area contributed by atoms with E-state index in [1.807, 2.05) is 5.32 Å². The number of thiocarbonyl (C=S) groups is 1. The smallest absolute Gasteiger partial charge is 0.311 e. The molecule has 0 aliphatic carbocycles. The molecule has 1 amide bonds. The number of nitro groups is 1. The first kappa shape index (κ1) is 16.3. The Bertz CT molecular complexity index is 604. The molecule has 0 unspecified atom stereocenters. The molecular formula is C15H18N3O3S+. The lowest BCUT2D eigenvalue weighted by Crippen LogP contribution is -2.82. The fourth-order valence-electron chi connectivity index (χ4n) is 2.40. The Morgan fingerprint density at radius 1 is 1.23 bits per heavy atom. The molecule has 0 saturated carbocycles. The van der Waals surface area contributed by atoms with Crippen LogP contribution >= 0.6 is 12.2 Å². The second-order valence-corrected chi connectivity index (χ2v) is 5.49. The SMILES string of the molecule is O=C(NC(=S)/C(=C1/CCCCC[NH2+]1)[N+](=O)[O-])c1ccccc1. The number of hydrogen-bond donors (Lipinski definition) is 2. The van der Waals surface area contributed by atoms with Crippen LogP contribution in [0.2, 0.25) is 0 Å². The number of benzene rings is 1. The lowest BCUT2D eigenvalue weighted by Gasteiger charge is -2.07. The molecule has 1 saturated heterocycles. The third kappa shape index (κ3) is 4.19. The van der Waals surface area contributed by atoms with Gasteiger partial charge in [-0.3, -0.25) is 14.9 Å². The molecule has 22 heavy (non-hydrogen) atoms. The predicted molar refractivity (Wildman–Crippen MR) is 85.8 cm³/mol. The van der Waals surface area contributed by atoms with E-state index in [-0.39, 0.29) is 10.7 Å². The lowest BCUT2D eigenvalue weighted by molar-refractivity contribution is -0.615. The van der Waals surface area contributed by atoms with Crippen LogP contribution in [0.15, 0.2) is 41.7 Å². The maximum atomic E-state index is 12.1. The van der Waals surface area contributed by atoms with Gasteiger partial charge in [-0.25, -0.2) is 0 Å². The Balaban J connectivity index is 2.18. The van der Waals surface area contributed by atoms with Gasteiger partial charge < -0.3 is 10.6 Å². The van der Waals surface area contributed by atoms with Crippen LogP contribution in [0, 0.1) is 10.1 Å². The largest absolute Gasteiger partial charge is 0.359 e. The van der Waals surface area contributed by atoms with Gasteiger partial charge in [0.05, 0.1) is 11.5 Å². The number of carbonyl (C=O) groups is 1. The summed E-state index contributed by atoms with van der Waals surface area (Å²) in [5, 5.41) is 15.7. The fourth-order valence-corrected chi connectivity index (χ4v) is 2.70. The van der Waals surface area contributed by atoms with Crippen molar-refractivity contribution >= 4 is 23.1 Å². The zero-order valence-electron chi connectivity index (χ0n) is 12.1. The molecule has 0 bridgehead atoms. The minimum absolute atomic E-state index is 0.119. The standard InChI is InChI=1S/C15H17N3O3S/c19-14(11-7-3-1-4-8-11)17-15(22)13(18(20)21)12-9-5-2-6-10-16-12/h1,3-4,7-8,16H,2,5-6,9-10H2,(H,17,19,22)/p+1/b13-12+. The number of rotatable bonds is 3. The summed E-state index contributed by atoms with van der Waals surface area (Å²) in [6.45, 7) is 0.807. The van der Waals surface area contributed by atoms with Crippen molar-refractivity contribution in [1.82, 2.24) is 5.32 Å². The normalized spacial score (nSPS) is 17.3. The summed E-state index contributed by atoms with van der Waals surface area (Å²) >= 11 is 5.10. The Morgan fingerprint density at radius 3 is 2.64 bits per heavy atom. The van der Waals surface area contributed by atoms with Gasteiger partial charge in [-0.05, 0) is 31.4 Å². The van der Waals surface area contributed by atoms with Crippen LogP contribution in [-0.4, -0.2) is 22.4 Å². The third-order valence-corrected chi connectivity index (χ3v) is 3.80. The zero-order chi connectivity index (χ0) is 15.9. The quantitative estimate of drug-likeness (QED) is 0.381. The maximum Gasteiger partial charge on any atom is 0.359 e. The minimum atomic E-state index is -0.495. The van der Waals surface area contributed by atoms with E-state index in [4.69, 9.17) is 12.2 Å². The van der Waals surface area contributed by atoms with Gasteiger partial charge in [-0.2, -0.15) is 0 Å². The van der Waals surface area contributed by atoms with Gasteiger partial charge in [-0.1, -0.05) is 30.4 Å². The Hall–Kier alpha value is -2.12. The number of amides is 1. The second kappa shape index (κ2) is 7.77. The molecule has 6 nitrogen and oxygen atoms in total. The average Bonchev–Trinajstić information content (AvgIpc) is 2.77. The van der Waals surface area contributed by atoms with Crippen molar-refractivity contribution in [1.29, 1.82) is 0 Å². The van der Waals surface area contributed by atoms with Gasteiger partial charge >= 0.3 is 5.70 Å².